The van der Waals surface area contributed by atoms with Crippen LogP contribution in [0.25, 0.3) is 0 Å². The summed E-state index contributed by atoms with van der Waals surface area (Å²) < 4.78 is 25.1. The first-order valence-electron chi connectivity index (χ1n) is 2.26. The van der Waals surface area contributed by atoms with Crippen LogP contribution in [-0.4, -0.2) is 22.8 Å². The van der Waals surface area contributed by atoms with Crippen LogP contribution in [0.3, 0.4) is 0 Å². The molecule has 0 aliphatic heterocycles. The van der Waals surface area contributed by atoms with Gasteiger partial charge in [0.1, 0.15) is 0 Å². The Morgan fingerprint density at radius 3 is 1.82 bits per heavy atom. The molecular formula is C4H3Cl3F2O2. The molecule has 0 aliphatic rings. The van der Waals surface area contributed by atoms with E-state index in [9.17, 15) is 13.6 Å². The lowest BCUT2D eigenvalue weighted by atomic mass is 10.4. The van der Waals surface area contributed by atoms with Crippen molar-refractivity contribution in [1.29, 1.82) is 0 Å². The van der Waals surface area contributed by atoms with Crippen LogP contribution in [0.15, 0.2) is 0 Å². The van der Waals surface area contributed by atoms with Gasteiger partial charge < -0.3 is 4.74 Å². The van der Waals surface area contributed by atoms with E-state index in [0.717, 1.165) is 7.11 Å². The molecule has 7 heteroatoms. The molecule has 0 N–H and O–H groups in total. The van der Waals surface area contributed by atoms with Gasteiger partial charge in [-0.2, -0.15) is 8.78 Å². The molecule has 0 aromatic rings. The van der Waals surface area contributed by atoms with Crippen molar-refractivity contribution in [2.75, 3.05) is 7.11 Å². The van der Waals surface area contributed by atoms with E-state index >= 15 is 0 Å². The number of halogens is 5. The monoisotopic (exact) mass is 226 g/mol. The van der Waals surface area contributed by atoms with E-state index in [1.54, 1.807) is 0 Å². The molecule has 0 spiro atoms. The Morgan fingerprint density at radius 1 is 1.36 bits per heavy atom. The zero-order valence-corrected chi connectivity index (χ0v) is 7.47. The van der Waals surface area contributed by atoms with E-state index in [1.165, 1.54) is 0 Å². The van der Waals surface area contributed by atoms with E-state index in [4.69, 9.17) is 23.2 Å². The fourth-order valence-corrected chi connectivity index (χ4v) is 0.475. The molecule has 0 bridgehead atoms. The highest BCUT2D eigenvalue weighted by Gasteiger charge is 2.57. The molecule has 0 heterocycles. The summed E-state index contributed by atoms with van der Waals surface area (Å²) in [4.78, 5) is 10.4. The van der Waals surface area contributed by atoms with E-state index in [2.05, 4.69) is 16.3 Å². The van der Waals surface area contributed by atoms with Crippen LogP contribution in [0.2, 0.25) is 0 Å². The number of rotatable bonds is 2. The Labute approximate surface area is 76.4 Å². The third kappa shape index (κ3) is 2.32. The van der Waals surface area contributed by atoms with E-state index < -0.39 is 15.7 Å². The first kappa shape index (κ1) is 11.2. The number of hydrogen-bond donors (Lipinski definition) is 0. The predicted molar refractivity (Wildman–Crippen MR) is 37.3 cm³/mol. The lowest BCUT2D eigenvalue weighted by molar-refractivity contribution is -0.146. The SMILES string of the molecule is COC(=O)C(Cl)(Cl)C(F)(F)Cl. The Bertz CT molecular complexity index is 165. The van der Waals surface area contributed by atoms with Gasteiger partial charge in [0.05, 0.1) is 7.11 Å². The van der Waals surface area contributed by atoms with Gasteiger partial charge in [-0.25, -0.2) is 4.79 Å². The maximum absolute atomic E-state index is 12.1. The second-order valence-electron chi connectivity index (χ2n) is 1.56. The zero-order chi connectivity index (χ0) is 9.28. The van der Waals surface area contributed by atoms with Crippen LogP contribution >= 0.6 is 34.8 Å². The highest BCUT2D eigenvalue weighted by Crippen LogP contribution is 2.42. The summed E-state index contributed by atoms with van der Waals surface area (Å²) in [7, 11) is 0.866. The van der Waals surface area contributed by atoms with Crippen molar-refractivity contribution in [3.8, 4) is 0 Å². The van der Waals surface area contributed by atoms with Crippen LogP contribution in [0, 0.1) is 0 Å². The standard InChI is InChI=1S/C4H3Cl3F2O2/c1-11-2(10)3(5,6)4(7,8)9/h1H3. The second kappa shape index (κ2) is 3.29. The topological polar surface area (TPSA) is 26.3 Å². The van der Waals surface area contributed by atoms with Crippen molar-refractivity contribution < 1.29 is 18.3 Å². The minimum absolute atomic E-state index is 0.866. The van der Waals surface area contributed by atoms with Gasteiger partial charge in [-0.05, 0) is 11.6 Å². The molecule has 0 amide bonds. The summed E-state index contributed by atoms with van der Waals surface area (Å²) in [5, 5.41) is -4.05. The molecule has 0 atom stereocenters. The van der Waals surface area contributed by atoms with Crippen molar-refractivity contribution in [2.45, 2.75) is 9.72 Å². The number of hydrogen-bond acceptors (Lipinski definition) is 2. The van der Waals surface area contributed by atoms with Crippen molar-refractivity contribution in [1.82, 2.24) is 0 Å². The van der Waals surface area contributed by atoms with Gasteiger partial charge in [0, 0.05) is 0 Å². The van der Waals surface area contributed by atoms with Crippen LogP contribution in [0.1, 0.15) is 0 Å². The first-order valence-corrected chi connectivity index (χ1v) is 3.40. The van der Waals surface area contributed by atoms with Gasteiger partial charge in [-0.3, -0.25) is 0 Å². The highest BCUT2D eigenvalue weighted by atomic mass is 35.5. The van der Waals surface area contributed by atoms with E-state index in [0.29, 0.717) is 0 Å². The number of alkyl halides is 5. The van der Waals surface area contributed by atoms with Crippen molar-refractivity contribution in [3.63, 3.8) is 0 Å². The lowest BCUT2D eigenvalue weighted by Crippen LogP contribution is -2.41. The van der Waals surface area contributed by atoms with Gasteiger partial charge in [0.25, 0.3) is 4.33 Å². The van der Waals surface area contributed by atoms with E-state index in [-0.39, 0.29) is 0 Å². The molecule has 0 radical (unpaired) electrons. The molecule has 66 valence electrons. The highest BCUT2D eigenvalue weighted by molar-refractivity contribution is 6.61. The van der Waals surface area contributed by atoms with Crippen molar-refractivity contribution >= 4 is 40.8 Å². The fraction of sp³-hybridized carbons (Fsp3) is 0.750. The van der Waals surface area contributed by atoms with Gasteiger partial charge in [0.2, 0.25) is 0 Å². The number of methoxy groups -OCH3 is 1. The van der Waals surface area contributed by atoms with Gasteiger partial charge >= 0.3 is 11.4 Å². The summed E-state index contributed by atoms with van der Waals surface area (Å²) >= 11 is 14.1. The smallest absolute Gasteiger partial charge is 0.365 e. The molecule has 0 aliphatic carbocycles. The molecule has 0 fully saturated rings. The molecule has 2 nitrogen and oxygen atoms in total. The molecule has 11 heavy (non-hydrogen) atoms. The summed E-state index contributed by atoms with van der Waals surface area (Å²) in [5.74, 6) is -1.50. The zero-order valence-electron chi connectivity index (χ0n) is 5.21. The molecule has 0 aromatic carbocycles. The Hall–Kier alpha value is 0.200. The Morgan fingerprint density at radius 2 is 1.73 bits per heavy atom. The molecule has 0 rings (SSSR count). The first-order chi connectivity index (χ1) is 4.73. The van der Waals surface area contributed by atoms with Crippen LogP contribution in [-0.2, 0) is 9.53 Å². The van der Waals surface area contributed by atoms with Crippen molar-refractivity contribution in [2.24, 2.45) is 0 Å². The number of carbonyl (C=O) groups is 1. The summed E-state index contributed by atoms with van der Waals surface area (Å²) in [6.45, 7) is 0. The minimum atomic E-state index is -4.05. The van der Waals surface area contributed by atoms with E-state index in [1.807, 2.05) is 0 Å². The quantitative estimate of drug-likeness (QED) is 0.534. The maximum Gasteiger partial charge on any atom is 0.365 e. The van der Waals surface area contributed by atoms with Crippen LogP contribution in [0.4, 0.5) is 8.78 Å². The predicted octanol–water partition coefficient (Wildman–Crippen LogP) is 2.16. The largest absolute Gasteiger partial charge is 0.467 e. The molecule has 0 saturated carbocycles. The van der Waals surface area contributed by atoms with Crippen molar-refractivity contribution in [3.05, 3.63) is 0 Å². The van der Waals surface area contributed by atoms with Gasteiger partial charge in [-0.15, -0.1) is 0 Å². The molecule has 0 unspecified atom stereocenters. The van der Waals surface area contributed by atoms with Gasteiger partial charge in [-0.1, -0.05) is 23.2 Å². The average Bonchev–Trinajstić information content (AvgIpc) is 1.83. The third-order valence-electron chi connectivity index (χ3n) is 0.798. The summed E-state index contributed by atoms with van der Waals surface area (Å²) in [6.07, 6.45) is 0. The number of ether oxygens (including phenoxy) is 1. The maximum atomic E-state index is 12.1. The molecule has 0 aromatic heterocycles. The van der Waals surface area contributed by atoms with Crippen LogP contribution < -0.4 is 0 Å². The summed E-state index contributed by atoms with van der Waals surface area (Å²) in [6, 6.07) is 0. The minimum Gasteiger partial charge on any atom is -0.467 e. The number of esters is 1. The number of carbonyl (C=O) groups excluding carboxylic acids is 1. The normalized spacial score (nSPS) is 12.9. The summed E-state index contributed by atoms with van der Waals surface area (Å²) in [5.41, 5.74) is 0. The third-order valence-corrected chi connectivity index (χ3v) is 2.06. The molecule has 0 saturated heterocycles. The second-order valence-corrected chi connectivity index (χ2v) is 3.37. The van der Waals surface area contributed by atoms with Gasteiger partial charge in [0.15, 0.2) is 0 Å². The fourth-order valence-electron chi connectivity index (χ4n) is 0.244. The Balaban J connectivity index is 4.59. The molecular weight excluding hydrogens is 224 g/mol. The Kier molecular flexibility index (Phi) is 3.35. The average molecular weight is 227 g/mol. The van der Waals surface area contributed by atoms with Crippen LogP contribution in [0.5, 0.6) is 0 Å². The lowest BCUT2D eigenvalue weighted by Gasteiger charge is -2.20.